The molecule has 1 heterocycles. The summed E-state index contributed by atoms with van der Waals surface area (Å²) in [5, 5.41) is 0. The van der Waals surface area contributed by atoms with Gasteiger partial charge in [-0.15, -0.1) is 0 Å². The molecule has 1 saturated heterocycles. The van der Waals surface area contributed by atoms with Crippen LogP contribution in [0.15, 0.2) is 18.2 Å². The average Bonchev–Trinajstić information content (AvgIpc) is 2.96. The van der Waals surface area contributed by atoms with Gasteiger partial charge in [0.15, 0.2) is 11.6 Å². The molecule has 0 N–H and O–H groups in total. The number of ether oxygens (including phenoxy) is 1. The molecule has 1 saturated carbocycles. The van der Waals surface area contributed by atoms with Crippen molar-refractivity contribution < 1.29 is 9.13 Å². The molecule has 19 heavy (non-hydrogen) atoms. The molecule has 1 aliphatic carbocycles. The van der Waals surface area contributed by atoms with E-state index >= 15 is 0 Å². The number of para-hydroxylation sites is 1. The Morgan fingerprint density at radius 1 is 1.00 bits per heavy atom. The summed E-state index contributed by atoms with van der Waals surface area (Å²) in [5.74, 6) is 0.270. The lowest BCUT2D eigenvalue weighted by atomic mass is 9.98. The van der Waals surface area contributed by atoms with E-state index in [1.807, 2.05) is 6.07 Å². The lowest BCUT2D eigenvalue weighted by molar-refractivity contribution is 0.149. The molecule has 1 aliphatic heterocycles. The average molecular weight is 263 g/mol. The number of benzene rings is 1. The molecule has 0 aromatic heterocycles. The highest BCUT2D eigenvalue weighted by Crippen LogP contribution is 2.35. The second kappa shape index (κ2) is 5.81. The van der Waals surface area contributed by atoms with Crippen molar-refractivity contribution in [3.05, 3.63) is 24.0 Å². The normalized spacial score (nSPS) is 20.8. The van der Waals surface area contributed by atoms with Crippen LogP contribution >= 0.6 is 0 Å². The lowest BCUT2D eigenvalue weighted by Gasteiger charge is -2.27. The largest absolute Gasteiger partial charge is 0.485 e. The molecule has 2 aliphatic rings. The third-order valence-corrected chi connectivity index (χ3v) is 4.23. The van der Waals surface area contributed by atoms with Crippen LogP contribution in [0.25, 0.3) is 0 Å². The molecule has 1 aromatic rings. The predicted molar refractivity (Wildman–Crippen MR) is 75.3 cm³/mol. The molecule has 3 heteroatoms. The SMILES string of the molecule is Fc1cccc(N2CCCC2)c1OC1CCCCC1. The Morgan fingerprint density at radius 3 is 2.47 bits per heavy atom. The molecule has 3 rings (SSSR count). The fourth-order valence-corrected chi connectivity index (χ4v) is 3.17. The molecule has 0 amide bonds. The van der Waals surface area contributed by atoms with E-state index in [0.717, 1.165) is 31.6 Å². The van der Waals surface area contributed by atoms with E-state index in [0.29, 0.717) is 5.75 Å². The van der Waals surface area contributed by atoms with E-state index in [-0.39, 0.29) is 11.9 Å². The zero-order valence-corrected chi connectivity index (χ0v) is 11.4. The van der Waals surface area contributed by atoms with E-state index in [1.165, 1.54) is 38.2 Å². The van der Waals surface area contributed by atoms with Gasteiger partial charge in [-0.3, -0.25) is 0 Å². The molecule has 0 radical (unpaired) electrons. The molecule has 0 atom stereocenters. The van der Waals surface area contributed by atoms with Gasteiger partial charge in [-0.25, -0.2) is 4.39 Å². The highest BCUT2D eigenvalue weighted by Gasteiger charge is 2.22. The van der Waals surface area contributed by atoms with Gasteiger partial charge >= 0.3 is 0 Å². The van der Waals surface area contributed by atoms with Crippen LogP contribution in [-0.4, -0.2) is 19.2 Å². The van der Waals surface area contributed by atoms with Crippen LogP contribution in [0.5, 0.6) is 5.75 Å². The summed E-state index contributed by atoms with van der Waals surface area (Å²) in [4.78, 5) is 2.25. The van der Waals surface area contributed by atoms with Gasteiger partial charge in [0.1, 0.15) is 0 Å². The molecule has 104 valence electrons. The lowest BCUT2D eigenvalue weighted by Crippen LogP contribution is -2.24. The highest BCUT2D eigenvalue weighted by molar-refractivity contribution is 5.59. The second-order valence-corrected chi connectivity index (χ2v) is 5.66. The first kappa shape index (κ1) is 12.8. The Morgan fingerprint density at radius 2 is 1.74 bits per heavy atom. The summed E-state index contributed by atoms with van der Waals surface area (Å²) in [7, 11) is 0. The maximum atomic E-state index is 14.1. The number of anilines is 1. The van der Waals surface area contributed by atoms with Crippen LogP contribution in [0.3, 0.4) is 0 Å². The zero-order chi connectivity index (χ0) is 13.1. The summed E-state index contributed by atoms with van der Waals surface area (Å²) in [5.41, 5.74) is 0.947. The Balaban J connectivity index is 1.81. The van der Waals surface area contributed by atoms with Crippen LogP contribution in [0.4, 0.5) is 10.1 Å². The van der Waals surface area contributed by atoms with Crippen molar-refractivity contribution in [3.63, 3.8) is 0 Å². The Labute approximate surface area is 114 Å². The molecule has 2 fully saturated rings. The fraction of sp³-hybridized carbons (Fsp3) is 0.625. The fourth-order valence-electron chi connectivity index (χ4n) is 3.17. The van der Waals surface area contributed by atoms with Gasteiger partial charge in [0.25, 0.3) is 0 Å². The highest BCUT2D eigenvalue weighted by atomic mass is 19.1. The van der Waals surface area contributed by atoms with Crippen molar-refractivity contribution in [2.24, 2.45) is 0 Å². The van der Waals surface area contributed by atoms with Crippen LogP contribution in [0, 0.1) is 5.82 Å². The molecule has 0 unspecified atom stereocenters. The molecule has 1 aromatic carbocycles. The second-order valence-electron chi connectivity index (χ2n) is 5.66. The topological polar surface area (TPSA) is 12.5 Å². The summed E-state index contributed by atoms with van der Waals surface area (Å²) >= 11 is 0. The summed E-state index contributed by atoms with van der Waals surface area (Å²) in [6.07, 6.45) is 8.42. The monoisotopic (exact) mass is 263 g/mol. The van der Waals surface area contributed by atoms with Gasteiger partial charge in [0, 0.05) is 13.1 Å². The van der Waals surface area contributed by atoms with Gasteiger partial charge in [-0.2, -0.15) is 0 Å². The first-order valence-electron chi connectivity index (χ1n) is 7.55. The number of rotatable bonds is 3. The Kier molecular flexibility index (Phi) is 3.90. The van der Waals surface area contributed by atoms with Crippen molar-refractivity contribution in [1.29, 1.82) is 0 Å². The Hall–Kier alpha value is -1.25. The van der Waals surface area contributed by atoms with E-state index in [2.05, 4.69) is 4.90 Å². The maximum Gasteiger partial charge on any atom is 0.178 e. The van der Waals surface area contributed by atoms with Crippen LogP contribution < -0.4 is 9.64 Å². The Bertz CT molecular complexity index is 423. The zero-order valence-electron chi connectivity index (χ0n) is 11.4. The molecule has 2 nitrogen and oxygen atoms in total. The van der Waals surface area contributed by atoms with Crippen molar-refractivity contribution in [2.45, 2.75) is 51.0 Å². The molecular formula is C16H22FNO. The van der Waals surface area contributed by atoms with Crippen molar-refractivity contribution in [1.82, 2.24) is 0 Å². The minimum absolute atomic E-state index is 0.201. The molecular weight excluding hydrogens is 241 g/mol. The molecule has 0 spiro atoms. The van der Waals surface area contributed by atoms with E-state index in [4.69, 9.17) is 4.74 Å². The first-order valence-corrected chi connectivity index (χ1v) is 7.55. The third-order valence-electron chi connectivity index (χ3n) is 4.23. The van der Waals surface area contributed by atoms with Crippen molar-refractivity contribution in [3.8, 4) is 5.75 Å². The summed E-state index contributed by atoms with van der Waals surface area (Å²) in [6.45, 7) is 2.04. The summed E-state index contributed by atoms with van der Waals surface area (Å²) < 4.78 is 20.1. The smallest absolute Gasteiger partial charge is 0.178 e. The minimum atomic E-state index is -0.213. The number of hydrogen-bond acceptors (Lipinski definition) is 2. The predicted octanol–water partition coefficient (Wildman–Crippen LogP) is 4.14. The van der Waals surface area contributed by atoms with E-state index in [1.54, 1.807) is 6.07 Å². The third kappa shape index (κ3) is 2.85. The van der Waals surface area contributed by atoms with Crippen LogP contribution in [0.1, 0.15) is 44.9 Å². The van der Waals surface area contributed by atoms with Crippen molar-refractivity contribution >= 4 is 5.69 Å². The number of hydrogen-bond donors (Lipinski definition) is 0. The van der Waals surface area contributed by atoms with Crippen molar-refractivity contribution in [2.75, 3.05) is 18.0 Å². The quantitative estimate of drug-likeness (QED) is 0.812. The standard InChI is InChI=1S/C16H22FNO/c17-14-9-6-10-15(18-11-4-5-12-18)16(14)19-13-7-2-1-3-8-13/h6,9-10,13H,1-5,7-8,11-12H2. The van der Waals surface area contributed by atoms with Crippen LogP contribution in [-0.2, 0) is 0 Å². The van der Waals surface area contributed by atoms with E-state index in [9.17, 15) is 4.39 Å². The van der Waals surface area contributed by atoms with Gasteiger partial charge in [0.05, 0.1) is 11.8 Å². The number of nitrogens with zero attached hydrogens (tertiary/aromatic N) is 1. The number of halogens is 1. The van der Waals surface area contributed by atoms with Gasteiger partial charge in [-0.1, -0.05) is 12.5 Å². The maximum absolute atomic E-state index is 14.1. The van der Waals surface area contributed by atoms with E-state index < -0.39 is 0 Å². The minimum Gasteiger partial charge on any atom is -0.485 e. The molecule has 0 bridgehead atoms. The summed E-state index contributed by atoms with van der Waals surface area (Å²) in [6, 6.07) is 5.29. The van der Waals surface area contributed by atoms with Gasteiger partial charge in [0.2, 0.25) is 0 Å². The van der Waals surface area contributed by atoms with Gasteiger partial charge < -0.3 is 9.64 Å². The first-order chi connectivity index (χ1) is 9.34. The van der Waals surface area contributed by atoms with Gasteiger partial charge in [-0.05, 0) is 50.7 Å². The van der Waals surface area contributed by atoms with Crippen LogP contribution in [0.2, 0.25) is 0 Å².